The van der Waals surface area contributed by atoms with Crippen molar-refractivity contribution in [2.75, 3.05) is 0 Å². The second-order valence-electron chi connectivity index (χ2n) is 16.5. The van der Waals surface area contributed by atoms with Crippen molar-refractivity contribution < 1.29 is 19.3 Å². The van der Waals surface area contributed by atoms with Crippen LogP contribution in [0.15, 0.2) is 34.6 Å². The van der Waals surface area contributed by atoms with Crippen LogP contribution in [0.4, 0.5) is 9.59 Å². The van der Waals surface area contributed by atoms with Gasteiger partial charge in [-0.25, -0.2) is 9.59 Å². The number of benzene rings is 1. The van der Waals surface area contributed by atoms with E-state index in [9.17, 15) is 9.59 Å². The predicted octanol–water partition coefficient (Wildman–Crippen LogP) is 13.2. The summed E-state index contributed by atoms with van der Waals surface area (Å²) in [6.07, 6.45) is 17.0. The Kier molecular flexibility index (Phi) is 22.8. The van der Waals surface area contributed by atoms with E-state index in [2.05, 4.69) is 76.3 Å². The van der Waals surface area contributed by atoms with Crippen molar-refractivity contribution in [1.29, 1.82) is 0 Å². The quantitative estimate of drug-likeness (QED) is 0.0429. The molecule has 0 saturated carbocycles. The van der Waals surface area contributed by atoms with Crippen LogP contribution in [0.5, 0.6) is 0 Å². The molecule has 0 aliphatic heterocycles. The summed E-state index contributed by atoms with van der Waals surface area (Å²) in [4.78, 5) is 37.5. The fourth-order valence-corrected chi connectivity index (χ4v) is 6.91. The van der Waals surface area contributed by atoms with Crippen LogP contribution < -0.4 is 10.6 Å². The van der Waals surface area contributed by atoms with Crippen molar-refractivity contribution in [3.8, 4) is 0 Å². The second kappa shape index (κ2) is 25.2. The Morgan fingerprint density at radius 2 is 0.846 bits per heavy atom. The third-order valence-electron chi connectivity index (χ3n) is 10.6. The molecular formula is C44H78N4O4. The Morgan fingerprint density at radius 3 is 1.12 bits per heavy atom. The highest BCUT2D eigenvalue weighted by Gasteiger charge is 2.29. The van der Waals surface area contributed by atoms with Gasteiger partial charge < -0.3 is 10.6 Å². The number of carbonyl (C=O) groups excluding carboxylic acids is 2. The lowest BCUT2D eigenvalue weighted by Gasteiger charge is -2.30. The van der Waals surface area contributed by atoms with Gasteiger partial charge in [0.15, 0.2) is 0 Å². The number of nitrogens with one attached hydrogen (secondary N) is 2. The third-order valence-corrected chi connectivity index (χ3v) is 10.6. The molecule has 4 atom stereocenters. The molecule has 2 amide bonds. The first-order valence-electron chi connectivity index (χ1n) is 20.9. The monoisotopic (exact) mass is 727 g/mol. The van der Waals surface area contributed by atoms with Gasteiger partial charge in [0.05, 0.1) is 22.5 Å². The van der Waals surface area contributed by atoms with Crippen LogP contribution in [0.3, 0.4) is 0 Å². The summed E-state index contributed by atoms with van der Waals surface area (Å²) in [6, 6.07) is 7.87. The zero-order valence-electron chi connectivity index (χ0n) is 35.5. The Bertz CT molecular complexity index is 1100. The molecule has 0 aromatic heterocycles. The Morgan fingerprint density at radius 1 is 0.558 bits per heavy atom. The minimum absolute atomic E-state index is 0.253. The lowest BCUT2D eigenvalue weighted by Crippen LogP contribution is -2.43. The molecule has 52 heavy (non-hydrogen) atoms. The second-order valence-corrected chi connectivity index (χ2v) is 16.5. The molecule has 1 rings (SSSR count). The van der Waals surface area contributed by atoms with Gasteiger partial charge in [0.2, 0.25) is 0 Å². The number of nitrogens with zero attached hydrogens (tertiary/aromatic N) is 2. The number of amides is 2. The van der Waals surface area contributed by atoms with E-state index in [1.807, 2.05) is 52.0 Å². The Labute approximate surface area is 319 Å². The molecule has 8 nitrogen and oxygen atoms in total. The van der Waals surface area contributed by atoms with Crippen LogP contribution in [-0.4, -0.2) is 23.6 Å². The minimum Gasteiger partial charge on any atom is -0.311 e. The van der Waals surface area contributed by atoms with E-state index in [0.29, 0.717) is 0 Å². The van der Waals surface area contributed by atoms with Crippen molar-refractivity contribution in [3.63, 3.8) is 0 Å². The van der Waals surface area contributed by atoms with Crippen LogP contribution in [0.25, 0.3) is 0 Å². The Balaban J connectivity index is 3.08. The molecule has 0 radical (unpaired) electrons. The maximum absolute atomic E-state index is 13.2. The molecule has 0 saturated heterocycles. The lowest BCUT2D eigenvalue weighted by molar-refractivity contribution is 0.138. The summed E-state index contributed by atoms with van der Waals surface area (Å²) in [6.45, 7) is 25.4. The molecule has 0 spiro atoms. The minimum atomic E-state index is -0.764. The summed E-state index contributed by atoms with van der Waals surface area (Å²) in [5.74, 6) is 1.01. The molecule has 2 N–H and O–H groups in total. The van der Waals surface area contributed by atoms with Crippen molar-refractivity contribution in [1.82, 2.24) is 10.6 Å². The normalized spacial score (nSPS) is 14.1. The number of unbranched alkanes of at least 4 members (excludes halogenated alkanes) is 8. The number of oxime groups is 2. The fourth-order valence-electron chi connectivity index (χ4n) is 6.91. The summed E-state index contributed by atoms with van der Waals surface area (Å²) in [5.41, 5.74) is 2.15. The predicted molar refractivity (Wildman–Crippen MR) is 220 cm³/mol. The van der Waals surface area contributed by atoms with E-state index >= 15 is 0 Å². The highest BCUT2D eigenvalue weighted by molar-refractivity contribution is 5.89. The van der Waals surface area contributed by atoms with E-state index in [-0.39, 0.29) is 23.7 Å². The number of hydrogen-bond donors (Lipinski definition) is 2. The maximum Gasteiger partial charge on any atom is 0.434 e. The molecular weight excluding hydrogens is 649 g/mol. The average Bonchev–Trinajstić information content (AvgIpc) is 3.08. The SMILES string of the molecule is CCCCCC(C)C(=NOC(=O)NC(C)(C)c1cccc(C(C)(C)NC(=O)ON=C(C(C)CCCCC)C(C)CCCCC)c1)C(C)CCCCC. The van der Waals surface area contributed by atoms with Gasteiger partial charge in [-0.2, -0.15) is 0 Å². The van der Waals surface area contributed by atoms with Gasteiger partial charge >= 0.3 is 12.2 Å². The van der Waals surface area contributed by atoms with Crippen LogP contribution >= 0.6 is 0 Å². The van der Waals surface area contributed by atoms with E-state index in [0.717, 1.165) is 73.9 Å². The van der Waals surface area contributed by atoms with Crippen LogP contribution in [0.2, 0.25) is 0 Å². The van der Waals surface area contributed by atoms with Gasteiger partial charge in [-0.3, -0.25) is 9.68 Å². The van der Waals surface area contributed by atoms with Crippen LogP contribution in [0, 0.1) is 23.7 Å². The molecule has 0 heterocycles. The van der Waals surface area contributed by atoms with E-state index in [1.165, 1.54) is 51.4 Å². The molecule has 0 aliphatic carbocycles. The van der Waals surface area contributed by atoms with Crippen LogP contribution in [0.1, 0.15) is 197 Å². The van der Waals surface area contributed by atoms with Gasteiger partial charge in [-0.1, -0.05) is 167 Å². The van der Waals surface area contributed by atoms with Gasteiger partial charge in [0.25, 0.3) is 0 Å². The van der Waals surface area contributed by atoms with Crippen molar-refractivity contribution in [3.05, 3.63) is 35.4 Å². The summed E-state index contributed by atoms with van der Waals surface area (Å²) >= 11 is 0. The standard InChI is InChI=1S/C44H78N4O4/c1-13-17-21-26-33(5)39(34(6)27-22-18-14-2)47-51-41(49)45-43(9,10)37-30-25-31-38(32-37)44(11,12)46-42(50)52-48-40(35(7)28-23-19-15-3)36(8)29-24-20-16-4/h25,30-36H,13-24,26-29H2,1-12H3,(H,45,49)(H,46,50). The lowest BCUT2D eigenvalue weighted by atomic mass is 9.87. The molecule has 0 aliphatic rings. The van der Waals surface area contributed by atoms with Gasteiger partial charge in [0.1, 0.15) is 0 Å². The summed E-state index contributed by atoms with van der Waals surface area (Å²) in [5, 5.41) is 15.0. The zero-order chi connectivity index (χ0) is 39.2. The fraction of sp³-hybridized carbons (Fsp3) is 0.773. The first-order chi connectivity index (χ1) is 24.6. The van der Waals surface area contributed by atoms with E-state index < -0.39 is 23.3 Å². The molecule has 298 valence electrons. The molecule has 8 heteroatoms. The first kappa shape index (κ1) is 47.1. The summed E-state index contributed by atoms with van der Waals surface area (Å²) in [7, 11) is 0. The zero-order valence-corrected chi connectivity index (χ0v) is 35.5. The van der Waals surface area contributed by atoms with Gasteiger partial charge in [-0.15, -0.1) is 0 Å². The van der Waals surface area contributed by atoms with Gasteiger partial charge in [-0.05, 0) is 88.2 Å². The van der Waals surface area contributed by atoms with Crippen molar-refractivity contribution in [2.24, 2.45) is 34.0 Å². The first-order valence-corrected chi connectivity index (χ1v) is 20.9. The Hall–Kier alpha value is -2.90. The number of carbonyl (C=O) groups is 2. The summed E-state index contributed by atoms with van der Waals surface area (Å²) < 4.78 is 0. The smallest absolute Gasteiger partial charge is 0.311 e. The molecule has 1 aromatic rings. The molecule has 0 fully saturated rings. The van der Waals surface area contributed by atoms with E-state index in [4.69, 9.17) is 9.68 Å². The maximum atomic E-state index is 13.2. The molecule has 4 unspecified atom stereocenters. The van der Waals surface area contributed by atoms with Gasteiger partial charge in [0, 0.05) is 0 Å². The topological polar surface area (TPSA) is 101 Å². The largest absolute Gasteiger partial charge is 0.434 e. The van der Waals surface area contributed by atoms with Crippen molar-refractivity contribution in [2.45, 2.75) is 197 Å². The number of hydrogen-bond acceptors (Lipinski definition) is 6. The van der Waals surface area contributed by atoms with E-state index in [1.54, 1.807) is 0 Å². The van der Waals surface area contributed by atoms with Crippen molar-refractivity contribution >= 4 is 23.6 Å². The molecule has 1 aromatic carbocycles. The average molecular weight is 727 g/mol. The number of rotatable bonds is 26. The molecule has 0 bridgehead atoms. The van der Waals surface area contributed by atoms with Crippen LogP contribution in [-0.2, 0) is 20.8 Å². The highest BCUT2D eigenvalue weighted by atomic mass is 16.7. The highest BCUT2D eigenvalue weighted by Crippen LogP contribution is 2.28. The third kappa shape index (κ3) is 17.7.